The molecule has 1 amide bonds. The number of carbonyl (C=O) groups excluding carboxylic acids is 1. The minimum Gasteiger partial charge on any atom is -0.480 e. The Hall–Kier alpha value is -3.48. The van der Waals surface area contributed by atoms with Crippen molar-refractivity contribution in [3.8, 4) is 11.1 Å². The molecular formula is C29H33N3O3. The summed E-state index contributed by atoms with van der Waals surface area (Å²) in [6.45, 7) is 2.56. The summed E-state index contributed by atoms with van der Waals surface area (Å²) >= 11 is 0. The van der Waals surface area contributed by atoms with Gasteiger partial charge in [0, 0.05) is 18.0 Å². The Morgan fingerprint density at radius 3 is 2.17 bits per heavy atom. The molecule has 3 aromatic carbocycles. The van der Waals surface area contributed by atoms with Crippen molar-refractivity contribution in [2.45, 2.75) is 31.2 Å². The summed E-state index contributed by atoms with van der Waals surface area (Å²) in [4.78, 5) is 23.9. The van der Waals surface area contributed by atoms with Crippen molar-refractivity contribution < 1.29 is 14.7 Å². The van der Waals surface area contributed by atoms with Gasteiger partial charge in [0.25, 0.3) is 5.91 Å². The number of nitrogens with two attached hydrogens (primary N) is 1. The highest BCUT2D eigenvalue weighted by Crippen LogP contribution is 2.32. The second-order valence-corrected chi connectivity index (χ2v) is 9.24. The maximum atomic E-state index is 12.9. The quantitative estimate of drug-likeness (QED) is 0.380. The van der Waals surface area contributed by atoms with Crippen LogP contribution in [-0.4, -0.2) is 42.7 Å². The van der Waals surface area contributed by atoms with Crippen LogP contribution in [0.5, 0.6) is 0 Å². The van der Waals surface area contributed by atoms with Crippen LogP contribution in [0.25, 0.3) is 11.1 Å². The predicted molar refractivity (Wildman–Crippen MR) is 138 cm³/mol. The number of hydrogen-bond acceptors (Lipinski definition) is 4. The van der Waals surface area contributed by atoms with Gasteiger partial charge in [0.05, 0.1) is 0 Å². The molecule has 35 heavy (non-hydrogen) atoms. The first-order valence-electron chi connectivity index (χ1n) is 12.2. The van der Waals surface area contributed by atoms with E-state index in [1.165, 1.54) is 16.7 Å². The average Bonchev–Trinajstić information content (AvgIpc) is 2.90. The van der Waals surface area contributed by atoms with Gasteiger partial charge in [-0.25, -0.2) is 0 Å². The summed E-state index contributed by atoms with van der Waals surface area (Å²) in [6.07, 6.45) is 2.40. The Kier molecular flexibility index (Phi) is 8.29. The van der Waals surface area contributed by atoms with Crippen molar-refractivity contribution in [2.24, 2.45) is 11.7 Å². The molecule has 1 saturated heterocycles. The van der Waals surface area contributed by atoms with Crippen molar-refractivity contribution in [3.63, 3.8) is 0 Å². The van der Waals surface area contributed by atoms with Crippen LogP contribution in [0.4, 0.5) is 0 Å². The molecule has 0 bridgehead atoms. The minimum absolute atomic E-state index is 0.126. The van der Waals surface area contributed by atoms with Crippen LogP contribution in [0.1, 0.15) is 40.2 Å². The molecule has 1 aliphatic heterocycles. The van der Waals surface area contributed by atoms with Crippen molar-refractivity contribution >= 4 is 11.9 Å². The molecule has 0 saturated carbocycles. The van der Waals surface area contributed by atoms with Crippen molar-refractivity contribution in [3.05, 3.63) is 95.6 Å². The van der Waals surface area contributed by atoms with Crippen molar-refractivity contribution in [1.82, 2.24) is 10.6 Å². The van der Waals surface area contributed by atoms with E-state index in [-0.39, 0.29) is 18.2 Å². The number of amides is 1. The van der Waals surface area contributed by atoms with Gasteiger partial charge in [-0.15, -0.1) is 0 Å². The number of benzene rings is 3. The zero-order chi connectivity index (χ0) is 24.6. The molecular weight excluding hydrogens is 438 g/mol. The SMILES string of the molecule is N[C@@H](Cc1ccc(C(=O)NC[C@@H](c2ccc(-c3ccccc3)cc2)C2CCNCC2)cc1)C(=O)O. The Labute approximate surface area is 206 Å². The molecule has 182 valence electrons. The Morgan fingerprint density at radius 2 is 1.54 bits per heavy atom. The normalized spacial score (nSPS) is 15.8. The zero-order valence-electron chi connectivity index (χ0n) is 19.8. The number of rotatable bonds is 9. The molecule has 0 unspecified atom stereocenters. The van der Waals surface area contributed by atoms with E-state index in [9.17, 15) is 9.59 Å². The number of aliphatic carboxylic acids is 1. The van der Waals surface area contributed by atoms with Crippen LogP contribution in [0.3, 0.4) is 0 Å². The molecule has 0 radical (unpaired) electrons. The molecule has 1 fully saturated rings. The fourth-order valence-electron chi connectivity index (χ4n) is 4.79. The molecule has 0 spiro atoms. The summed E-state index contributed by atoms with van der Waals surface area (Å²) in [5.41, 5.74) is 10.6. The van der Waals surface area contributed by atoms with Gasteiger partial charge in [-0.3, -0.25) is 9.59 Å². The van der Waals surface area contributed by atoms with Gasteiger partial charge in [0.1, 0.15) is 6.04 Å². The lowest BCUT2D eigenvalue weighted by molar-refractivity contribution is -0.138. The first kappa shape index (κ1) is 24.6. The van der Waals surface area contributed by atoms with E-state index in [4.69, 9.17) is 10.8 Å². The van der Waals surface area contributed by atoms with E-state index in [1.54, 1.807) is 24.3 Å². The van der Waals surface area contributed by atoms with Gasteiger partial charge < -0.3 is 21.5 Å². The number of carbonyl (C=O) groups is 2. The third-order valence-electron chi connectivity index (χ3n) is 6.87. The van der Waals surface area contributed by atoms with Gasteiger partial charge in [0.15, 0.2) is 0 Å². The Balaban J connectivity index is 1.44. The maximum Gasteiger partial charge on any atom is 0.320 e. The fraction of sp³-hybridized carbons (Fsp3) is 0.310. The molecule has 6 nitrogen and oxygen atoms in total. The van der Waals surface area contributed by atoms with Crippen LogP contribution in [0, 0.1) is 5.92 Å². The molecule has 4 rings (SSSR count). The van der Waals surface area contributed by atoms with E-state index in [0.29, 0.717) is 18.0 Å². The number of carboxylic acid groups (broad SMARTS) is 1. The summed E-state index contributed by atoms with van der Waals surface area (Å²) in [7, 11) is 0. The summed E-state index contributed by atoms with van der Waals surface area (Å²) in [5, 5.41) is 15.6. The number of hydrogen-bond donors (Lipinski definition) is 4. The molecule has 5 N–H and O–H groups in total. The molecule has 1 aliphatic rings. The average molecular weight is 472 g/mol. The first-order valence-corrected chi connectivity index (χ1v) is 12.2. The number of piperidine rings is 1. The molecule has 0 aliphatic carbocycles. The van der Waals surface area contributed by atoms with Gasteiger partial charge in [0.2, 0.25) is 0 Å². The smallest absolute Gasteiger partial charge is 0.320 e. The third kappa shape index (κ3) is 6.56. The lowest BCUT2D eigenvalue weighted by Crippen LogP contribution is -2.36. The first-order chi connectivity index (χ1) is 17.0. The zero-order valence-corrected chi connectivity index (χ0v) is 19.8. The maximum absolute atomic E-state index is 12.9. The number of nitrogens with one attached hydrogen (secondary N) is 2. The second-order valence-electron chi connectivity index (χ2n) is 9.24. The Morgan fingerprint density at radius 1 is 0.914 bits per heavy atom. The van der Waals surface area contributed by atoms with E-state index in [2.05, 4.69) is 47.0 Å². The Bertz CT molecular complexity index is 1110. The summed E-state index contributed by atoms with van der Waals surface area (Å²) in [5.74, 6) is -0.427. The lowest BCUT2D eigenvalue weighted by Gasteiger charge is -2.31. The third-order valence-corrected chi connectivity index (χ3v) is 6.87. The van der Waals surface area contributed by atoms with Gasteiger partial charge in [-0.1, -0.05) is 66.7 Å². The van der Waals surface area contributed by atoms with Crippen LogP contribution < -0.4 is 16.4 Å². The van der Waals surface area contributed by atoms with Crippen LogP contribution >= 0.6 is 0 Å². The molecule has 2 atom stereocenters. The largest absolute Gasteiger partial charge is 0.480 e. The van der Waals surface area contributed by atoms with E-state index in [1.807, 2.05) is 18.2 Å². The second kappa shape index (κ2) is 11.8. The molecule has 0 aromatic heterocycles. The molecule has 3 aromatic rings. The topological polar surface area (TPSA) is 104 Å². The molecule has 1 heterocycles. The molecule has 6 heteroatoms. The van der Waals surface area contributed by atoms with Gasteiger partial charge in [-0.2, -0.15) is 0 Å². The monoisotopic (exact) mass is 471 g/mol. The highest BCUT2D eigenvalue weighted by Gasteiger charge is 2.26. The lowest BCUT2D eigenvalue weighted by atomic mass is 9.80. The van der Waals surface area contributed by atoms with Crippen molar-refractivity contribution in [1.29, 1.82) is 0 Å². The van der Waals surface area contributed by atoms with Gasteiger partial charge in [-0.05, 0) is 72.7 Å². The summed E-state index contributed by atoms with van der Waals surface area (Å²) in [6, 6.07) is 25.1. The van der Waals surface area contributed by atoms with Crippen LogP contribution in [0.15, 0.2) is 78.9 Å². The highest BCUT2D eigenvalue weighted by molar-refractivity contribution is 5.94. The highest BCUT2D eigenvalue weighted by atomic mass is 16.4. The van der Waals surface area contributed by atoms with Crippen LogP contribution in [0.2, 0.25) is 0 Å². The number of carboxylic acids is 1. The fourth-order valence-corrected chi connectivity index (χ4v) is 4.79. The summed E-state index contributed by atoms with van der Waals surface area (Å²) < 4.78 is 0. The van der Waals surface area contributed by atoms with E-state index >= 15 is 0 Å². The standard InChI is InChI=1S/C29H33N3O3/c30-27(29(34)35)18-20-6-8-25(9-7-20)28(33)32-19-26(24-14-16-31-17-15-24)23-12-10-22(11-13-23)21-4-2-1-3-5-21/h1-13,24,26-27,31H,14-19,30H2,(H,32,33)(H,34,35)/t26-,27-/m0/s1. The van der Waals surface area contributed by atoms with Crippen LogP contribution in [-0.2, 0) is 11.2 Å². The van der Waals surface area contributed by atoms with Crippen molar-refractivity contribution in [2.75, 3.05) is 19.6 Å². The van der Waals surface area contributed by atoms with E-state index < -0.39 is 12.0 Å². The van der Waals surface area contributed by atoms with Gasteiger partial charge >= 0.3 is 5.97 Å². The van der Waals surface area contributed by atoms with E-state index in [0.717, 1.165) is 31.5 Å². The minimum atomic E-state index is -1.03. The predicted octanol–water partition coefficient (Wildman–Crippen LogP) is 3.82.